The Morgan fingerprint density at radius 3 is 2.59 bits per heavy atom. The maximum absolute atomic E-state index is 12.7. The molecule has 0 radical (unpaired) electrons. The zero-order valence-electron chi connectivity index (χ0n) is 15.6. The van der Waals surface area contributed by atoms with E-state index in [1.807, 2.05) is 43.3 Å². The number of sulfone groups is 1. The van der Waals surface area contributed by atoms with Crippen molar-refractivity contribution in [1.82, 2.24) is 14.9 Å². The Labute approximate surface area is 164 Å². The number of benzene rings is 1. The third kappa shape index (κ3) is 4.87. The molecular formula is C19H23N3O3S2. The van der Waals surface area contributed by atoms with Crippen LogP contribution in [0.3, 0.4) is 0 Å². The van der Waals surface area contributed by atoms with Gasteiger partial charge in [0.15, 0.2) is 15.0 Å². The summed E-state index contributed by atoms with van der Waals surface area (Å²) < 4.78 is 23.4. The zero-order chi connectivity index (χ0) is 19.6. The second-order valence-electron chi connectivity index (χ2n) is 6.81. The molecule has 1 aliphatic rings. The fraction of sp³-hybridized carbons (Fsp3) is 0.421. The Morgan fingerprint density at radius 1 is 1.26 bits per heavy atom. The summed E-state index contributed by atoms with van der Waals surface area (Å²) in [6.45, 7) is 3.71. The lowest BCUT2D eigenvalue weighted by Gasteiger charge is -2.26. The zero-order valence-corrected chi connectivity index (χ0v) is 17.3. The van der Waals surface area contributed by atoms with Gasteiger partial charge < -0.3 is 4.90 Å². The molecule has 144 valence electrons. The Balaban J connectivity index is 1.73. The fourth-order valence-corrected chi connectivity index (χ4v) is 5.81. The van der Waals surface area contributed by atoms with Crippen molar-refractivity contribution in [3.05, 3.63) is 42.1 Å². The fourth-order valence-electron chi connectivity index (χ4n) is 3.11. The Morgan fingerprint density at radius 2 is 1.96 bits per heavy atom. The first-order valence-corrected chi connectivity index (χ1v) is 11.5. The third-order valence-electron chi connectivity index (χ3n) is 4.64. The van der Waals surface area contributed by atoms with E-state index in [1.165, 1.54) is 11.8 Å². The summed E-state index contributed by atoms with van der Waals surface area (Å²) in [7, 11) is -1.35. The lowest BCUT2D eigenvalue weighted by atomic mass is 10.1. The van der Waals surface area contributed by atoms with Crippen LogP contribution in [0.4, 0.5) is 0 Å². The van der Waals surface area contributed by atoms with Gasteiger partial charge in [-0.2, -0.15) is 0 Å². The highest BCUT2D eigenvalue weighted by Crippen LogP contribution is 2.26. The summed E-state index contributed by atoms with van der Waals surface area (Å²) in [5.74, 6) is 0.0951. The molecule has 1 amide bonds. The molecule has 0 saturated carbocycles. The van der Waals surface area contributed by atoms with Crippen molar-refractivity contribution in [3.63, 3.8) is 0 Å². The van der Waals surface area contributed by atoms with Crippen LogP contribution in [-0.4, -0.2) is 59.0 Å². The molecule has 27 heavy (non-hydrogen) atoms. The molecule has 8 heteroatoms. The minimum Gasteiger partial charge on any atom is -0.341 e. The van der Waals surface area contributed by atoms with Crippen LogP contribution in [0, 0.1) is 6.92 Å². The van der Waals surface area contributed by atoms with Gasteiger partial charge in [-0.15, -0.1) is 0 Å². The molecule has 3 rings (SSSR count). The highest BCUT2D eigenvalue weighted by Gasteiger charge is 2.34. The molecule has 6 nitrogen and oxygen atoms in total. The summed E-state index contributed by atoms with van der Waals surface area (Å²) in [6, 6.07) is 11.5. The first-order chi connectivity index (χ1) is 12.7. The van der Waals surface area contributed by atoms with Crippen LogP contribution in [0.15, 0.2) is 41.6 Å². The number of carbonyl (C=O) groups is 1. The first-order valence-electron chi connectivity index (χ1n) is 8.80. The number of rotatable bonds is 5. The average Bonchev–Trinajstić information content (AvgIpc) is 3.00. The number of nitrogens with zero attached hydrogens (tertiary/aromatic N) is 3. The number of carbonyl (C=O) groups excluding carboxylic acids is 1. The molecule has 2 heterocycles. The summed E-state index contributed by atoms with van der Waals surface area (Å²) >= 11 is 1.30. The van der Waals surface area contributed by atoms with Crippen LogP contribution < -0.4 is 0 Å². The van der Waals surface area contributed by atoms with E-state index in [4.69, 9.17) is 0 Å². The second-order valence-corrected chi connectivity index (χ2v) is 10.3. The standard InChI is InChI=1S/C19H23N3O3S2/c1-13-11-17(15-7-5-4-6-8-15)21-19(20-13)26-14(2)18(23)22(3)16-9-10-27(24,25)12-16/h4-8,11,14,16H,9-10,12H2,1-3H3/t14-,16-/m0/s1. The second kappa shape index (κ2) is 7.98. The van der Waals surface area contributed by atoms with Gasteiger partial charge in [0.25, 0.3) is 0 Å². The quantitative estimate of drug-likeness (QED) is 0.562. The summed E-state index contributed by atoms with van der Waals surface area (Å²) in [6.07, 6.45) is 0.501. The van der Waals surface area contributed by atoms with Crippen LogP contribution >= 0.6 is 11.8 Å². The molecule has 1 saturated heterocycles. The molecule has 0 unspecified atom stereocenters. The van der Waals surface area contributed by atoms with Crippen LogP contribution in [0.1, 0.15) is 19.0 Å². The van der Waals surface area contributed by atoms with Crippen LogP contribution in [0.5, 0.6) is 0 Å². The van der Waals surface area contributed by atoms with Crippen LogP contribution in [0.25, 0.3) is 11.3 Å². The predicted octanol–water partition coefficient (Wildman–Crippen LogP) is 2.58. The Hall–Kier alpha value is -1.93. The van der Waals surface area contributed by atoms with Crippen molar-refractivity contribution in [3.8, 4) is 11.3 Å². The van der Waals surface area contributed by atoms with Gasteiger partial charge in [-0.1, -0.05) is 42.1 Å². The number of thioether (sulfide) groups is 1. The van der Waals surface area contributed by atoms with Gasteiger partial charge in [-0.3, -0.25) is 4.79 Å². The summed E-state index contributed by atoms with van der Waals surface area (Å²) in [5.41, 5.74) is 2.65. The monoisotopic (exact) mass is 405 g/mol. The minimum atomic E-state index is -3.03. The van der Waals surface area contributed by atoms with Gasteiger partial charge in [0.2, 0.25) is 5.91 Å². The van der Waals surface area contributed by atoms with E-state index in [0.29, 0.717) is 11.6 Å². The van der Waals surface area contributed by atoms with Gasteiger partial charge in [0.1, 0.15) is 0 Å². The normalized spacial score (nSPS) is 19.6. The van der Waals surface area contributed by atoms with E-state index in [-0.39, 0.29) is 23.5 Å². The lowest BCUT2D eigenvalue weighted by Crippen LogP contribution is -2.41. The number of aryl methyl sites for hydroxylation is 1. The van der Waals surface area contributed by atoms with E-state index >= 15 is 0 Å². The first kappa shape index (κ1) is 19.8. The van der Waals surface area contributed by atoms with Crippen molar-refractivity contribution < 1.29 is 13.2 Å². The summed E-state index contributed by atoms with van der Waals surface area (Å²) in [4.78, 5) is 23.3. The minimum absolute atomic E-state index is 0.0473. The topological polar surface area (TPSA) is 80.2 Å². The maximum Gasteiger partial charge on any atom is 0.235 e. The van der Waals surface area contributed by atoms with Crippen LogP contribution in [-0.2, 0) is 14.6 Å². The number of aromatic nitrogens is 2. The number of amides is 1. The van der Waals surface area contributed by atoms with Crippen molar-refractivity contribution in [1.29, 1.82) is 0 Å². The van der Waals surface area contributed by atoms with E-state index in [0.717, 1.165) is 17.0 Å². The maximum atomic E-state index is 12.7. The van der Waals surface area contributed by atoms with Crippen molar-refractivity contribution >= 4 is 27.5 Å². The van der Waals surface area contributed by atoms with Crippen molar-refractivity contribution in [2.75, 3.05) is 18.6 Å². The van der Waals surface area contributed by atoms with Crippen LogP contribution in [0.2, 0.25) is 0 Å². The SMILES string of the molecule is Cc1cc(-c2ccccc2)nc(S[C@@H](C)C(=O)N(C)[C@H]2CCS(=O)(=O)C2)n1. The predicted molar refractivity (Wildman–Crippen MR) is 107 cm³/mol. The molecule has 0 bridgehead atoms. The molecule has 1 aromatic carbocycles. The molecule has 0 aliphatic carbocycles. The van der Waals surface area contributed by atoms with Crippen molar-refractivity contribution in [2.45, 2.75) is 36.7 Å². The van der Waals surface area contributed by atoms with E-state index in [1.54, 1.807) is 18.9 Å². The molecule has 1 aliphatic heterocycles. The largest absolute Gasteiger partial charge is 0.341 e. The van der Waals surface area contributed by atoms with E-state index in [9.17, 15) is 13.2 Å². The summed E-state index contributed by atoms with van der Waals surface area (Å²) in [5, 5.41) is 0.144. The molecule has 1 fully saturated rings. The molecule has 0 N–H and O–H groups in total. The van der Waals surface area contributed by atoms with Gasteiger partial charge >= 0.3 is 0 Å². The van der Waals surface area contributed by atoms with Crippen molar-refractivity contribution in [2.24, 2.45) is 0 Å². The Bertz CT molecular complexity index is 932. The highest BCUT2D eigenvalue weighted by atomic mass is 32.2. The molecule has 2 aromatic rings. The van der Waals surface area contributed by atoms with Gasteiger partial charge in [0, 0.05) is 24.3 Å². The van der Waals surface area contributed by atoms with E-state index < -0.39 is 15.1 Å². The highest BCUT2D eigenvalue weighted by molar-refractivity contribution is 8.00. The average molecular weight is 406 g/mol. The third-order valence-corrected chi connectivity index (χ3v) is 7.34. The Kier molecular flexibility index (Phi) is 5.86. The van der Waals surface area contributed by atoms with E-state index in [2.05, 4.69) is 9.97 Å². The van der Waals surface area contributed by atoms with Gasteiger partial charge in [-0.05, 0) is 26.3 Å². The molecule has 2 atom stereocenters. The number of hydrogen-bond donors (Lipinski definition) is 0. The smallest absolute Gasteiger partial charge is 0.235 e. The molecule has 0 spiro atoms. The molecular weight excluding hydrogens is 382 g/mol. The number of hydrogen-bond acceptors (Lipinski definition) is 6. The van der Waals surface area contributed by atoms with Gasteiger partial charge in [0.05, 0.1) is 22.4 Å². The molecule has 1 aromatic heterocycles. The van der Waals surface area contributed by atoms with Gasteiger partial charge in [-0.25, -0.2) is 18.4 Å². The lowest BCUT2D eigenvalue weighted by molar-refractivity contribution is -0.130.